The van der Waals surface area contributed by atoms with Gasteiger partial charge >= 0.3 is 5.97 Å². The summed E-state index contributed by atoms with van der Waals surface area (Å²) in [6.45, 7) is -0.0362. The number of hydrogen-bond acceptors (Lipinski definition) is 7. The van der Waals surface area contributed by atoms with E-state index in [2.05, 4.69) is 20.3 Å². The molecule has 0 atom stereocenters. The van der Waals surface area contributed by atoms with Crippen LogP contribution in [0, 0.1) is 11.6 Å². The van der Waals surface area contributed by atoms with Gasteiger partial charge in [-0.05, 0) is 53.7 Å². The lowest BCUT2D eigenvalue weighted by Crippen LogP contribution is -2.19. The van der Waals surface area contributed by atoms with E-state index >= 15 is 0 Å². The zero-order chi connectivity index (χ0) is 21.5. The van der Waals surface area contributed by atoms with Gasteiger partial charge in [0.1, 0.15) is 24.0 Å². The SMILES string of the molecule is COC(=O)/C=C1/S/C(=N\N=Cc2ccc(OCc3ccc(F)cc3F)cc2)NC1=O. The number of halogens is 2. The number of ether oxygens (including phenoxy) is 2. The molecule has 0 spiro atoms. The zero-order valence-electron chi connectivity index (χ0n) is 15.6. The van der Waals surface area contributed by atoms with Gasteiger partial charge in [0.05, 0.1) is 18.2 Å². The van der Waals surface area contributed by atoms with Crippen LogP contribution in [0.2, 0.25) is 0 Å². The first-order valence-electron chi connectivity index (χ1n) is 8.51. The summed E-state index contributed by atoms with van der Waals surface area (Å²) in [5, 5.41) is 10.5. The maximum Gasteiger partial charge on any atom is 0.331 e. The summed E-state index contributed by atoms with van der Waals surface area (Å²) in [5.41, 5.74) is 0.953. The zero-order valence-corrected chi connectivity index (χ0v) is 16.4. The first kappa shape index (κ1) is 21.2. The lowest BCUT2D eigenvalue weighted by Gasteiger charge is -2.07. The van der Waals surface area contributed by atoms with Crippen LogP contribution in [0.4, 0.5) is 8.78 Å². The number of amidine groups is 1. The van der Waals surface area contributed by atoms with E-state index in [1.54, 1.807) is 24.3 Å². The molecule has 1 aliphatic heterocycles. The van der Waals surface area contributed by atoms with E-state index in [9.17, 15) is 18.4 Å². The smallest absolute Gasteiger partial charge is 0.331 e. The van der Waals surface area contributed by atoms with E-state index in [4.69, 9.17) is 4.74 Å². The third kappa shape index (κ3) is 5.74. The lowest BCUT2D eigenvalue weighted by atomic mass is 10.2. The maximum atomic E-state index is 13.6. The molecule has 30 heavy (non-hydrogen) atoms. The van der Waals surface area contributed by atoms with Crippen LogP contribution in [0.25, 0.3) is 0 Å². The summed E-state index contributed by atoms with van der Waals surface area (Å²) in [7, 11) is 1.22. The van der Waals surface area contributed by atoms with E-state index in [0.29, 0.717) is 11.3 Å². The van der Waals surface area contributed by atoms with Crippen LogP contribution < -0.4 is 10.1 Å². The highest BCUT2D eigenvalue weighted by Crippen LogP contribution is 2.23. The third-order valence-electron chi connectivity index (χ3n) is 3.75. The lowest BCUT2D eigenvalue weighted by molar-refractivity contribution is -0.135. The van der Waals surface area contributed by atoms with Crippen LogP contribution in [0.5, 0.6) is 5.75 Å². The maximum absolute atomic E-state index is 13.6. The molecule has 1 saturated heterocycles. The number of carbonyl (C=O) groups is 2. The molecule has 0 unspecified atom stereocenters. The predicted octanol–water partition coefficient (Wildman–Crippen LogP) is 3.15. The highest BCUT2D eigenvalue weighted by molar-refractivity contribution is 8.18. The Balaban J connectivity index is 1.56. The number of nitrogens with zero attached hydrogens (tertiary/aromatic N) is 2. The van der Waals surface area contributed by atoms with Crippen molar-refractivity contribution in [1.29, 1.82) is 0 Å². The van der Waals surface area contributed by atoms with Gasteiger partial charge in [-0.25, -0.2) is 13.6 Å². The topological polar surface area (TPSA) is 89.3 Å². The average Bonchev–Trinajstić information content (AvgIpc) is 3.07. The molecule has 1 amide bonds. The molecule has 1 fully saturated rings. The van der Waals surface area contributed by atoms with Crippen molar-refractivity contribution in [2.45, 2.75) is 6.61 Å². The van der Waals surface area contributed by atoms with Gasteiger partial charge in [-0.1, -0.05) is 0 Å². The number of thioether (sulfide) groups is 1. The quantitative estimate of drug-likeness (QED) is 0.329. The molecule has 1 N–H and O–H groups in total. The number of rotatable bonds is 6. The van der Waals surface area contributed by atoms with Crippen LogP contribution in [-0.4, -0.2) is 30.4 Å². The second-order valence-corrected chi connectivity index (χ2v) is 6.86. The van der Waals surface area contributed by atoms with Crippen LogP contribution >= 0.6 is 11.8 Å². The molecular formula is C20H15F2N3O4S. The number of benzene rings is 2. The Hall–Kier alpha value is -3.53. The van der Waals surface area contributed by atoms with Crippen molar-refractivity contribution in [2.24, 2.45) is 10.2 Å². The number of hydrogen-bond donors (Lipinski definition) is 1. The molecule has 0 aromatic heterocycles. The highest BCUT2D eigenvalue weighted by Gasteiger charge is 2.24. The van der Waals surface area contributed by atoms with E-state index in [-0.39, 0.29) is 22.2 Å². The Labute approximate surface area is 174 Å². The Kier molecular flexibility index (Phi) is 6.91. The van der Waals surface area contributed by atoms with Crippen LogP contribution in [0.1, 0.15) is 11.1 Å². The molecule has 0 saturated carbocycles. The highest BCUT2D eigenvalue weighted by atomic mass is 32.2. The van der Waals surface area contributed by atoms with Crippen LogP contribution in [0.3, 0.4) is 0 Å². The van der Waals surface area contributed by atoms with Gasteiger partial charge in [0.2, 0.25) is 0 Å². The molecule has 1 heterocycles. The van der Waals surface area contributed by atoms with Gasteiger partial charge in [-0.3, -0.25) is 10.1 Å². The molecule has 7 nitrogen and oxygen atoms in total. The monoisotopic (exact) mass is 431 g/mol. The van der Waals surface area contributed by atoms with Crippen molar-refractivity contribution in [3.05, 3.63) is 76.2 Å². The molecule has 0 radical (unpaired) electrons. The molecule has 2 aromatic rings. The van der Waals surface area contributed by atoms with Gasteiger partial charge in [0.25, 0.3) is 5.91 Å². The summed E-state index contributed by atoms with van der Waals surface area (Å²) < 4.78 is 36.5. The molecule has 10 heteroatoms. The van der Waals surface area contributed by atoms with Crippen LogP contribution in [-0.2, 0) is 20.9 Å². The normalized spacial score (nSPS) is 16.3. The second kappa shape index (κ2) is 9.79. The summed E-state index contributed by atoms with van der Waals surface area (Å²) in [6, 6.07) is 10.1. The first-order chi connectivity index (χ1) is 14.4. The number of methoxy groups -OCH3 is 1. The van der Waals surface area contributed by atoms with Gasteiger partial charge in [-0.15, -0.1) is 5.10 Å². The fraction of sp³-hybridized carbons (Fsp3) is 0.100. The van der Waals surface area contributed by atoms with Gasteiger partial charge < -0.3 is 9.47 Å². The Morgan fingerprint density at radius 1 is 1.20 bits per heavy atom. The minimum absolute atomic E-state index is 0.0362. The molecule has 154 valence electrons. The van der Waals surface area contributed by atoms with E-state index in [0.717, 1.165) is 23.9 Å². The second-order valence-electron chi connectivity index (χ2n) is 5.83. The van der Waals surface area contributed by atoms with Crippen LogP contribution in [0.15, 0.2) is 63.6 Å². The van der Waals surface area contributed by atoms with Gasteiger partial charge in [-0.2, -0.15) is 5.10 Å². The summed E-state index contributed by atoms with van der Waals surface area (Å²) >= 11 is 0.968. The molecule has 2 aromatic carbocycles. The van der Waals surface area contributed by atoms with Crippen molar-refractivity contribution >= 4 is 35.0 Å². The van der Waals surface area contributed by atoms with E-state index < -0.39 is 23.5 Å². The van der Waals surface area contributed by atoms with Crippen molar-refractivity contribution < 1.29 is 27.8 Å². The number of carbonyl (C=O) groups excluding carboxylic acids is 2. The van der Waals surface area contributed by atoms with Crippen molar-refractivity contribution in [1.82, 2.24) is 5.32 Å². The van der Waals surface area contributed by atoms with E-state index in [1.807, 2.05) is 0 Å². The largest absolute Gasteiger partial charge is 0.489 e. The standard InChI is InChI=1S/C20H15F2N3O4S/c1-28-18(26)9-17-19(27)24-20(30-17)25-23-10-12-2-6-15(7-3-12)29-11-13-4-5-14(21)8-16(13)22/h2-10H,11H2,1H3,(H,24,25,27)/b17-9+,23-10?. The van der Waals surface area contributed by atoms with Gasteiger partial charge in [0, 0.05) is 17.7 Å². The molecule has 3 rings (SSSR count). The third-order valence-corrected chi connectivity index (χ3v) is 4.65. The Morgan fingerprint density at radius 2 is 1.97 bits per heavy atom. The molecule has 0 aliphatic carbocycles. The van der Waals surface area contributed by atoms with E-state index in [1.165, 1.54) is 25.5 Å². The fourth-order valence-corrected chi connectivity index (χ4v) is 2.98. The number of esters is 1. The number of amides is 1. The summed E-state index contributed by atoms with van der Waals surface area (Å²) in [6.07, 6.45) is 2.54. The Bertz CT molecular complexity index is 1050. The minimum atomic E-state index is -0.667. The van der Waals surface area contributed by atoms with Crippen molar-refractivity contribution in [2.75, 3.05) is 7.11 Å². The number of nitrogens with one attached hydrogen (secondary N) is 1. The van der Waals surface area contributed by atoms with Crippen molar-refractivity contribution in [3.63, 3.8) is 0 Å². The first-order valence-corrected chi connectivity index (χ1v) is 9.33. The molecule has 1 aliphatic rings. The molecular weight excluding hydrogens is 416 g/mol. The summed E-state index contributed by atoms with van der Waals surface area (Å²) in [4.78, 5) is 23.1. The fourth-order valence-electron chi connectivity index (χ4n) is 2.24. The average molecular weight is 431 g/mol. The Morgan fingerprint density at radius 3 is 2.67 bits per heavy atom. The summed E-state index contributed by atoms with van der Waals surface area (Å²) in [5.74, 6) is -1.91. The predicted molar refractivity (Wildman–Crippen MR) is 108 cm³/mol. The molecule has 0 bridgehead atoms. The minimum Gasteiger partial charge on any atom is -0.489 e. The van der Waals surface area contributed by atoms with Crippen molar-refractivity contribution in [3.8, 4) is 5.75 Å². The van der Waals surface area contributed by atoms with Gasteiger partial charge in [0.15, 0.2) is 5.17 Å².